The zero-order chi connectivity index (χ0) is 32.1. The molecule has 3 aromatic carbocycles. The van der Waals surface area contributed by atoms with Crippen molar-refractivity contribution in [1.82, 2.24) is 19.6 Å². The van der Waals surface area contributed by atoms with Crippen LogP contribution in [0.3, 0.4) is 0 Å². The van der Waals surface area contributed by atoms with Crippen molar-refractivity contribution >= 4 is 16.6 Å². The third-order valence-corrected chi connectivity index (χ3v) is 8.41. The molecule has 234 valence electrons. The molecular weight excluding hydrogens is 593 g/mol. The van der Waals surface area contributed by atoms with E-state index in [4.69, 9.17) is 4.52 Å². The van der Waals surface area contributed by atoms with Gasteiger partial charge in [-0.25, -0.2) is 8.78 Å². The lowest BCUT2D eigenvalue weighted by Crippen LogP contribution is -2.44. The first-order valence-corrected chi connectivity index (χ1v) is 14.4. The van der Waals surface area contributed by atoms with Gasteiger partial charge in [0.15, 0.2) is 0 Å². The molecule has 5 aromatic rings. The molecule has 0 amide bonds. The van der Waals surface area contributed by atoms with Gasteiger partial charge in [-0.15, -0.1) is 0 Å². The van der Waals surface area contributed by atoms with Gasteiger partial charge >= 0.3 is 6.18 Å². The number of hydrogen-bond acceptors (Lipinski definition) is 6. The quantitative estimate of drug-likeness (QED) is 0.202. The number of pyridine rings is 1. The molecule has 0 bridgehead atoms. The molecule has 1 aliphatic heterocycles. The number of likely N-dealkylation sites (N-methyl/N-ethyl adjacent to an activating group) is 1. The second kappa shape index (κ2) is 11.4. The van der Waals surface area contributed by atoms with E-state index < -0.39 is 34.2 Å². The van der Waals surface area contributed by atoms with E-state index in [9.17, 15) is 18.0 Å². The van der Waals surface area contributed by atoms with Gasteiger partial charge < -0.3 is 18.9 Å². The van der Waals surface area contributed by atoms with Crippen LogP contribution in [-0.2, 0) is 18.1 Å². The minimum Gasteiger partial charge on any atom is -0.367 e. The van der Waals surface area contributed by atoms with Gasteiger partial charge in [0, 0.05) is 43.3 Å². The topological polar surface area (TPSA) is 67.4 Å². The highest BCUT2D eigenvalue weighted by Crippen LogP contribution is 2.33. The lowest BCUT2D eigenvalue weighted by Gasteiger charge is -2.34. The zero-order valence-corrected chi connectivity index (χ0v) is 24.8. The lowest BCUT2D eigenvalue weighted by molar-refractivity contribution is -0.137. The van der Waals surface area contributed by atoms with E-state index in [0.29, 0.717) is 32.2 Å². The Labute approximate surface area is 255 Å². The fourth-order valence-corrected chi connectivity index (χ4v) is 5.58. The largest absolute Gasteiger partial charge is 0.416 e. The minimum atomic E-state index is -4.71. The second-order valence-electron chi connectivity index (χ2n) is 11.8. The van der Waals surface area contributed by atoms with E-state index in [1.54, 1.807) is 0 Å². The monoisotopic (exact) mass is 623 g/mol. The van der Waals surface area contributed by atoms with Crippen molar-refractivity contribution in [2.24, 2.45) is 0 Å². The molecule has 0 atom stereocenters. The van der Waals surface area contributed by atoms with Crippen molar-refractivity contribution < 1.29 is 26.5 Å². The smallest absolute Gasteiger partial charge is 0.367 e. The normalized spacial score (nSPS) is 14.8. The standard InChI is InChI=1S/C33H30F5N5O2/c1-32(2,21-7-5-4-6-8-21)31-39-30(40-45-31)24-19-43(18-20-9-10-22(15-25(20)34)33(36,37)38)27-17-28(26(35)16-23(27)29(24)44)42-13-11-41(3)12-14-42/h4-10,15-17,19H,11-14,18H2,1-3H3. The van der Waals surface area contributed by atoms with Crippen molar-refractivity contribution in [3.8, 4) is 11.4 Å². The van der Waals surface area contributed by atoms with Crippen LogP contribution in [0.1, 0.15) is 36.4 Å². The molecule has 6 rings (SSSR count). The number of rotatable bonds is 6. The molecule has 0 unspecified atom stereocenters. The van der Waals surface area contributed by atoms with Crippen LogP contribution in [0.5, 0.6) is 0 Å². The van der Waals surface area contributed by atoms with E-state index in [2.05, 4.69) is 15.0 Å². The number of piperazine rings is 1. The summed E-state index contributed by atoms with van der Waals surface area (Å²) in [5.41, 5.74) is -1.02. The number of benzene rings is 3. The van der Waals surface area contributed by atoms with Crippen LogP contribution in [0, 0.1) is 11.6 Å². The molecule has 0 radical (unpaired) electrons. The Balaban J connectivity index is 1.49. The molecule has 0 N–H and O–H groups in total. The molecular formula is C33H30F5N5O2. The van der Waals surface area contributed by atoms with Gasteiger partial charge in [0.25, 0.3) is 0 Å². The molecule has 0 aliphatic carbocycles. The molecule has 0 spiro atoms. The number of aromatic nitrogens is 3. The maximum atomic E-state index is 15.6. The summed E-state index contributed by atoms with van der Waals surface area (Å²) >= 11 is 0. The molecule has 1 aliphatic rings. The summed E-state index contributed by atoms with van der Waals surface area (Å²) in [4.78, 5) is 22.4. The van der Waals surface area contributed by atoms with E-state index in [1.165, 1.54) is 16.8 Å². The number of hydrogen-bond donors (Lipinski definition) is 0. The Morgan fingerprint density at radius 1 is 0.889 bits per heavy atom. The highest BCUT2D eigenvalue weighted by atomic mass is 19.4. The summed E-state index contributed by atoms with van der Waals surface area (Å²) < 4.78 is 77.5. The molecule has 1 saturated heterocycles. The number of halogens is 5. The maximum absolute atomic E-state index is 15.6. The van der Waals surface area contributed by atoms with Crippen LogP contribution in [-0.4, -0.2) is 52.8 Å². The fraction of sp³-hybridized carbons (Fsp3) is 0.303. The summed E-state index contributed by atoms with van der Waals surface area (Å²) in [6.07, 6.45) is -3.30. The maximum Gasteiger partial charge on any atom is 0.416 e. The Morgan fingerprint density at radius 3 is 2.27 bits per heavy atom. The third-order valence-electron chi connectivity index (χ3n) is 8.41. The minimum absolute atomic E-state index is 0.0103. The Kier molecular flexibility index (Phi) is 7.72. The summed E-state index contributed by atoms with van der Waals surface area (Å²) in [6, 6.07) is 14.4. The van der Waals surface area contributed by atoms with Gasteiger partial charge in [0.2, 0.25) is 17.1 Å². The van der Waals surface area contributed by atoms with Crippen LogP contribution in [0.2, 0.25) is 0 Å². The van der Waals surface area contributed by atoms with Crippen LogP contribution in [0.4, 0.5) is 27.6 Å². The van der Waals surface area contributed by atoms with Crippen molar-refractivity contribution in [2.45, 2.75) is 32.0 Å². The third kappa shape index (κ3) is 5.82. The first-order chi connectivity index (χ1) is 21.3. The summed E-state index contributed by atoms with van der Waals surface area (Å²) in [7, 11) is 1.97. The zero-order valence-electron chi connectivity index (χ0n) is 24.8. The van der Waals surface area contributed by atoms with Crippen LogP contribution < -0.4 is 10.3 Å². The average Bonchev–Trinajstić information content (AvgIpc) is 3.51. The Hall–Kier alpha value is -4.58. The van der Waals surface area contributed by atoms with Gasteiger partial charge in [-0.2, -0.15) is 18.2 Å². The first kappa shape index (κ1) is 30.4. The van der Waals surface area contributed by atoms with Crippen molar-refractivity contribution in [2.75, 3.05) is 38.1 Å². The predicted molar refractivity (Wildman–Crippen MR) is 160 cm³/mol. The number of anilines is 1. The Bertz CT molecular complexity index is 1930. The van der Waals surface area contributed by atoms with E-state index >= 15 is 8.78 Å². The van der Waals surface area contributed by atoms with Crippen LogP contribution in [0.15, 0.2) is 76.2 Å². The molecule has 0 saturated carbocycles. The summed E-state index contributed by atoms with van der Waals surface area (Å²) in [5.74, 6) is -1.48. The summed E-state index contributed by atoms with van der Waals surface area (Å²) in [6.45, 7) is 6.05. The van der Waals surface area contributed by atoms with E-state index in [-0.39, 0.29) is 46.0 Å². The van der Waals surface area contributed by atoms with Gasteiger partial charge in [-0.05, 0) is 50.7 Å². The highest BCUT2D eigenvalue weighted by molar-refractivity contribution is 5.86. The predicted octanol–water partition coefficient (Wildman–Crippen LogP) is 6.47. The number of fused-ring (bicyclic) bond motifs is 1. The lowest BCUT2D eigenvalue weighted by atomic mass is 9.84. The molecule has 2 aromatic heterocycles. The highest BCUT2D eigenvalue weighted by Gasteiger charge is 2.32. The van der Waals surface area contributed by atoms with Crippen LogP contribution in [0.25, 0.3) is 22.3 Å². The molecule has 1 fully saturated rings. The van der Waals surface area contributed by atoms with Gasteiger partial charge in [0.1, 0.15) is 11.6 Å². The summed E-state index contributed by atoms with van der Waals surface area (Å²) in [5, 5.41) is 4.06. The first-order valence-electron chi connectivity index (χ1n) is 14.4. The van der Waals surface area contributed by atoms with E-state index in [0.717, 1.165) is 23.8 Å². The van der Waals surface area contributed by atoms with Crippen molar-refractivity contribution in [3.05, 3.63) is 111 Å². The van der Waals surface area contributed by atoms with Gasteiger partial charge in [-0.3, -0.25) is 4.79 Å². The average molecular weight is 624 g/mol. The second-order valence-corrected chi connectivity index (χ2v) is 11.8. The number of alkyl halides is 3. The fourth-order valence-electron chi connectivity index (χ4n) is 5.58. The Morgan fingerprint density at radius 2 is 1.60 bits per heavy atom. The SMILES string of the molecule is CN1CCN(c2cc3c(cc2F)c(=O)c(-c2noc(C(C)(C)c4ccccc4)n2)cn3Cc2ccc(C(F)(F)F)cc2F)CC1. The molecule has 7 nitrogen and oxygen atoms in total. The molecule has 12 heteroatoms. The van der Waals surface area contributed by atoms with Crippen LogP contribution >= 0.6 is 0 Å². The number of nitrogens with zero attached hydrogens (tertiary/aromatic N) is 5. The van der Waals surface area contributed by atoms with Crippen molar-refractivity contribution in [1.29, 1.82) is 0 Å². The van der Waals surface area contributed by atoms with Gasteiger partial charge in [0.05, 0.1) is 34.3 Å². The van der Waals surface area contributed by atoms with E-state index in [1.807, 2.05) is 56.1 Å². The van der Waals surface area contributed by atoms with Crippen molar-refractivity contribution in [3.63, 3.8) is 0 Å². The molecule has 3 heterocycles. The van der Waals surface area contributed by atoms with Gasteiger partial charge in [-0.1, -0.05) is 41.6 Å². The molecule has 45 heavy (non-hydrogen) atoms.